The van der Waals surface area contributed by atoms with Crippen LogP contribution >= 0.6 is 22.9 Å². The molecular weight excluding hydrogens is 294 g/mol. The Morgan fingerprint density at radius 1 is 1.40 bits per heavy atom. The summed E-state index contributed by atoms with van der Waals surface area (Å²) in [6, 6.07) is 5.37. The van der Waals surface area contributed by atoms with Crippen molar-refractivity contribution in [3.8, 4) is 5.75 Å². The molecule has 0 aliphatic carbocycles. The zero-order valence-electron chi connectivity index (χ0n) is 11.5. The number of rotatable bonds is 5. The standard InChI is InChI=1S/C15H18ClNO2S/c1-10-5-13(16)6-11(14(10)18)7-17-9-15(2,19)12-3-4-20-8-12/h3-6,8,17-19H,7,9H2,1-2H3. The van der Waals surface area contributed by atoms with Gasteiger partial charge in [-0.05, 0) is 53.9 Å². The fourth-order valence-electron chi connectivity index (χ4n) is 2.05. The molecule has 1 atom stereocenters. The van der Waals surface area contributed by atoms with Crippen molar-refractivity contribution in [2.75, 3.05) is 6.54 Å². The van der Waals surface area contributed by atoms with E-state index in [4.69, 9.17) is 11.6 Å². The molecule has 0 amide bonds. The van der Waals surface area contributed by atoms with Crippen molar-refractivity contribution in [2.45, 2.75) is 26.0 Å². The molecule has 1 aromatic carbocycles. The molecule has 3 nitrogen and oxygen atoms in total. The lowest BCUT2D eigenvalue weighted by Crippen LogP contribution is -2.34. The molecule has 0 saturated carbocycles. The largest absolute Gasteiger partial charge is 0.507 e. The van der Waals surface area contributed by atoms with E-state index < -0.39 is 5.60 Å². The Morgan fingerprint density at radius 3 is 2.80 bits per heavy atom. The van der Waals surface area contributed by atoms with Crippen LogP contribution in [-0.4, -0.2) is 16.8 Å². The zero-order chi connectivity index (χ0) is 14.8. The molecule has 5 heteroatoms. The van der Waals surface area contributed by atoms with Crippen LogP contribution in [0.5, 0.6) is 5.75 Å². The lowest BCUT2D eigenvalue weighted by molar-refractivity contribution is 0.0570. The maximum Gasteiger partial charge on any atom is 0.123 e. The molecule has 0 fully saturated rings. The maximum atomic E-state index is 10.4. The number of phenolic OH excluding ortho intramolecular Hbond substituents is 1. The number of benzene rings is 1. The minimum atomic E-state index is -0.927. The molecule has 20 heavy (non-hydrogen) atoms. The van der Waals surface area contributed by atoms with E-state index in [1.54, 1.807) is 30.4 Å². The highest BCUT2D eigenvalue weighted by molar-refractivity contribution is 7.08. The molecule has 1 unspecified atom stereocenters. The second-order valence-electron chi connectivity index (χ2n) is 5.12. The number of aliphatic hydroxyl groups is 1. The molecule has 2 aromatic rings. The molecule has 1 aromatic heterocycles. The molecule has 0 aliphatic rings. The van der Waals surface area contributed by atoms with Crippen molar-refractivity contribution < 1.29 is 10.2 Å². The molecule has 0 bridgehead atoms. The Hall–Kier alpha value is -1.07. The van der Waals surface area contributed by atoms with Crippen molar-refractivity contribution >= 4 is 22.9 Å². The van der Waals surface area contributed by atoms with Crippen molar-refractivity contribution in [3.63, 3.8) is 0 Å². The van der Waals surface area contributed by atoms with E-state index in [1.807, 2.05) is 23.8 Å². The molecule has 108 valence electrons. The number of nitrogens with one attached hydrogen (secondary N) is 1. The smallest absolute Gasteiger partial charge is 0.123 e. The zero-order valence-corrected chi connectivity index (χ0v) is 13.1. The lowest BCUT2D eigenvalue weighted by atomic mass is 9.99. The van der Waals surface area contributed by atoms with Crippen molar-refractivity contribution in [1.29, 1.82) is 0 Å². The van der Waals surface area contributed by atoms with Gasteiger partial charge in [0.05, 0.1) is 5.60 Å². The molecular formula is C15H18ClNO2S. The van der Waals surface area contributed by atoms with Crippen LogP contribution in [0.3, 0.4) is 0 Å². The van der Waals surface area contributed by atoms with Gasteiger partial charge in [0.2, 0.25) is 0 Å². The number of hydrogen-bond acceptors (Lipinski definition) is 4. The molecule has 0 spiro atoms. The highest BCUT2D eigenvalue weighted by Crippen LogP contribution is 2.27. The molecule has 2 rings (SSSR count). The van der Waals surface area contributed by atoms with E-state index in [-0.39, 0.29) is 5.75 Å². The Morgan fingerprint density at radius 2 is 2.15 bits per heavy atom. The fraction of sp³-hybridized carbons (Fsp3) is 0.333. The van der Waals surface area contributed by atoms with Gasteiger partial charge in [0.1, 0.15) is 5.75 Å². The first kappa shape index (κ1) is 15.3. The van der Waals surface area contributed by atoms with Crippen LogP contribution in [0.4, 0.5) is 0 Å². The van der Waals surface area contributed by atoms with Gasteiger partial charge in [-0.2, -0.15) is 11.3 Å². The number of thiophene rings is 1. The first-order chi connectivity index (χ1) is 9.40. The summed E-state index contributed by atoms with van der Waals surface area (Å²) >= 11 is 7.54. The summed E-state index contributed by atoms with van der Waals surface area (Å²) in [6.45, 7) is 4.43. The van der Waals surface area contributed by atoms with Gasteiger partial charge in [-0.25, -0.2) is 0 Å². The Kier molecular flexibility index (Phi) is 4.70. The third-order valence-corrected chi connectivity index (χ3v) is 4.17. The second kappa shape index (κ2) is 6.14. The Balaban J connectivity index is 2.00. The van der Waals surface area contributed by atoms with Crippen LogP contribution < -0.4 is 5.32 Å². The molecule has 0 radical (unpaired) electrons. The molecule has 0 aliphatic heterocycles. The summed E-state index contributed by atoms with van der Waals surface area (Å²) in [4.78, 5) is 0. The molecule has 3 N–H and O–H groups in total. The summed E-state index contributed by atoms with van der Waals surface area (Å²) in [5, 5.41) is 28.0. The average molecular weight is 312 g/mol. The van der Waals surface area contributed by atoms with Crippen LogP contribution in [0, 0.1) is 6.92 Å². The van der Waals surface area contributed by atoms with Gasteiger partial charge in [0.15, 0.2) is 0 Å². The quantitative estimate of drug-likeness (QED) is 0.793. The predicted octanol–water partition coefficient (Wildman–Crippen LogP) is 3.41. The highest BCUT2D eigenvalue weighted by Gasteiger charge is 2.23. The monoisotopic (exact) mass is 311 g/mol. The molecule has 0 saturated heterocycles. The summed E-state index contributed by atoms with van der Waals surface area (Å²) in [5.74, 6) is 0.247. The average Bonchev–Trinajstić information content (AvgIpc) is 2.89. The first-order valence-electron chi connectivity index (χ1n) is 6.34. The van der Waals surface area contributed by atoms with E-state index in [9.17, 15) is 10.2 Å². The fourth-order valence-corrected chi connectivity index (χ4v) is 3.13. The minimum absolute atomic E-state index is 0.247. The number of aromatic hydroxyl groups is 1. The maximum absolute atomic E-state index is 10.4. The number of phenols is 1. The van der Waals surface area contributed by atoms with Crippen LogP contribution in [0.25, 0.3) is 0 Å². The van der Waals surface area contributed by atoms with Crippen LogP contribution in [0.2, 0.25) is 5.02 Å². The Labute approximate surface area is 127 Å². The van der Waals surface area contributed by atoms with Crippen molar-refractivity contribution in [2.24, 2.45) is 0 Å². The highest BCUT2D eigenvalue weighted by atomic mass is 35.5. The first-order valence-corrected chi connectivity index (χ1v) is 7.66. The summed E-state index contributed by atoms with van der Waals surface area (Å²) < 4.78 is 0. The van der Waals surface area contributed by atoms with E-state index >= 15 is 0 Å². The van der Waals surface area contributed by atoms with E-state index in [0.717, 1.165) is 16.7 Å². The molecule has 1 heterocycles. The van der Waals surface area contributed by atoms with Gasteiger partial charge >= 0.3 is 0 Å². The van der Waals surface area contributed by atoms with Crippen LogP contribution in [-0.2, 0) is 12.1 Å². The van der Waals surface area contributed by atoms with Gasteiger partial charge in [-0.15, -0.1) is 0 Å². The van der Waals surface area contributed by atoms with Gasteiger partial charge in [-0.1, -0.05) is 11.6 Å². The predicted molar refractivity (Wildman–Crippen MR) is 83.5 cm³/mol. The third kappa shape index (κ3) is 3.52. The minimum Gasteiger partial charge on any atom is -0.507 e. The SMILES string of the molecule is Cc1cc(Cl)cc(CNCC(C)(O)c2ccsc2)c1O. The van der Waals surface area contributed by atoms with Crippen molar-refractivity contribution in [3.05, 3.63) is 50.7 Å². The van der Waals surface area contributed by atoms with Crippen LogP contribution in [0.15, 0.2) is 29.0 Å². The lowest BCUT2D eigenvalue weighted by Gasteiger charge is -2.23. The van der Waals surface area contributed by atoms with Gasteiger partial charge in [0.25, 0.3) is 0 Å². The van der Waals surface area contributed by atoms with Gasteiger partial charge in [-0.3, -0.25) is 0 Å². The second-order valence-corrected chi connectivity index (χ2v) is 6.34. The topological polar surface area (TPSA) is 52.5 Å². The normalized spacial score (nSPS) is 14.2. The van der Waals surface area contributed by atoms with E-state index in [1.165, 1.54) is 0 Å². The van der Waals surface area contributed by atoms with Crippen molar-refractivity contribution in [1.82, 2.24) is 5.32 Å². The van der Waals surface area contributed by atoms with Gasteiger partial charge < -0.3 is 15.5 Å². The van der Waals surface area contributed by atoms with E-state index in [0.29, 0.717) is 18.1 Å². The summed E-state index contributed by atoms with van der Waals surface area (Å²) in [7, 11) is 0. The summed E-state index contributed by atoms with van der Waals surface area (Å²) in [5.41, 5.74) is 1.44. The summed E-state index contributed by atoms with van der Waals surface area (Å²) in [6.07, 6.45) is 0. The third-order valence-electron chi connectivity index (χ3n) is 3.27. The Bertz CT molecular complexity index is 582. The number of hydrogen-bond donors (Lipinski definition) is 3. The van der Waals surface area contributed by atoms with Gasteiger partial charge in [0, 0.05) is 23.7 Å². The van der Waals surface area contributed by atoms with Crippen LogP contribution in [0.1, 0.15) is 23.6 Å². The van der Waals surface area contributed by atoms with E-state index in [2.05, 4.69) is 5.32 Å². The number of aryl methyl sites for hydroxylation is 1. The number of halogens is 1.